The first-order chi connectivity index (χ1) is 10.9. The third-order valence-corrected chi connectivity index (χ3v) is 5.76. The Morgan fingerprint density at radius 2 is 1.57 bits per heavy atom. The van der Waals surface area contributed by atoms with Crippen LogP contribution in [-0.4, -0.2) is 36.5 Å². The van der Waals surface area contributed by atoms with E-state index in [1.807, 2.05) is 0 Å². The average molecular weight is 315 g/mol. The molecule has 23 heavy (non-hydrogen) atoms. The minimum atomic E-state index is -0.308. The lowest BCUT2D eigenvalue weighted by molar-refractivity contribution is 0.00578. The molecule has 0 aromatic carbocycles. The molecule has 4 nitrogen and oxygen atoms in total. The lowest BCUT2D eigenvalue weighted by Crippen LogP contribution is -2.41. The van der Waals surface area contributed by atoms with Gasteiger partial charge >= 0.3 is 7.12 Å². The van der Waals surface area contributed by atoms with Crippen molar-refractivity contribution in [2.45, 2.75) is 70.0 Å². The van der Waals surface area contributed by atoms with Gasteiger partial charge in [-0.25, -0.2) is 0 Å². The second-order valence-corrected chi connectivity index (χ2v) is 8.17. The third-order valence-electron chi connectivity index (χ3n) is 5.76. The van der Waals surface area contributed by atoms with E-state index >= 15 is 0 Å². The minimum absolute atomic E-state index is 0.304. The maximum absolute atomic E-state index is 6.24. The lowest BCUT2D eigenvalue weighted by Gasteiger charge is -2.32. The molecule has 0 spiro atoms. The predicted molar refractivity (Wildman–Crippen MR) is 90.1 cm³/mol. The molecular weight excluding hydrogens is 289 g/mol. The van der Waals surface area contributed by atoms with E-state index < -0.39 is 0 Å². The summed E-state index contributed by atoms with van der Waals surface area (Å²) in [6.45, 7) is 10.0. The predicted octanol–water partition coefficient (Wildman–Crippen LogP) is 2.76. The first-order valence-corrected chi connectivity index (χ1v) is 8.81. The second kappa shape index (κ2) is 5.30. The molecule has 1 atom stereocenters. The monoisotopic (exact) mass is 315 g/mol. The van der Waals surface area contributed by atoms with E-state index in [1.54, 1.807) is 0 Å². The molecular formula is C18H26BNO3. The molecule has 0 N–H and O–H groups in total. The molecule has 3 aliphatic rings. The zero-order valence-electron chi connectivity index (χ0n) is 14.6. The van der Waals surface area contributed by atoms with Crippen molar-refractivity contribution >= 4 is 12.6 Å². The van der Waals surface area contributed by atoms with Gasteiger partial charge < -0.3 is 14.0 Å². The van der Waals surface area contributed by atoms with Gasteiger partial charge in [0.15, 0.2) is 0 Å². The van der Waals surface area contributed by atoms with Gasteiger partial charge in [0.25, 0.3) is 0 Å². The van der Waals surface area contributed by atoms with Crippen LogP contribution in [0, 0.1) is 0 Å². The van der Waals surface area contributed by atoms with Crippen molar-refractivity contribution in [3.05, 3.63) is 23.5 Å². The Morgan fingerprint density at radius 3 is 2.09 bits per heavy atom. The van der Waals surface area contributed by atoms with Crippen LogP contribution in [0.4, 0.5) is 0 Å². The molecule has 0 radical (unpaired) electrons. The Bertz CT molecular complexity index is 590. The van der Waals surface area contributed by atoms with Crippen molar-refractivity contribution in [1.29, 1.82) is 0 Å². The fraction of sp³-hybridized carbons (Fsp3) is 0.722. The molecule has 1 aliphatic carbocycles. The number of ether oxygens (including phenoxy) is 1. The van der Waals surface area contributed by atoms with Crippen LogP contribution in [0.1, 0.15) is 70.2 Å². The normalized spacial score (nSPS) is 29.2. The van der Waals surface area contributed by atoms with Crippen molar-refractivity contribution in [3.63, 3.8) is 0 Å². The lowest BCUT2D eigenvalue weighted by atomic mass is 9.78. The maximum atomic E-state index is 6.24. The van der Waals surface area contributed by atoms with E-state index in [1.165, 1.54) is 18.5 Å². The van der Waals surface area contributed by atoms with Crippen molar-refractivity contribution in [3.8, 4) is 0 Å². The number of nitrogens with zero attached hydrogens (tertiary/aromatic N) is 1. The molecule has 3 heterocycles. The standard InChI is InChI=1S/C18H26BNO3/c1-17(2)18(3,4)23-19(22-17)14-9-15(12-5-6-12)20-16(10-14)13-7-8-21-11-13/h9-10,12-13H,5-8,11H2,1-4H3. The molecule has 0 bridgehead atoms. The van der Waals surface area contributed by atoms with E-state index in [4.69, 9.17) is 19.0 Å². The van der Waals surface area contributed by atoms with E-state index in [9.17, 15) is 0 Å². The Kier molecular flexibility index (Phi) is 3.60. The summed E-state index contributed by atoms with van der Waals surface area (Å²) >= 11 is 0. The molecule has 0 amide bonds. The molecule has 3 fully saturated rings. The van der Waals surface area contributed by atoms with E-state index in [2.05, 4.69) is 39.8 Å². The summed E-state index contributed by atoms with van der Waals surface area (Å²) in [6, 6.07) is 4.37. The highest BCUT2D eigenvalue weighted by atomic mass is 16.7. The summed E-state index contributed by atoms with van der Waals surface area (Å²) in [4.78, 5) is 4.93. The second-order valence-electron chi connectivity index (χ2n) is 8.17. The topological polar surface area (TPSA) is 40.6 Å². The van der Waals surface area contributed by atoms with Gasteiger partial charge in [0, 0.05) is 29.8 Å². The van der Waals surface area contributed by atoms with Gasteiger partial charge in [-0.2, -0.15) is 0 Å². The molecule has 1 unspecified atom stereocenters. The average Bonchev–Trinajstić information content (AvgIpc) is 3.14. The fourth-order valence-corrected chi connectivity index (χ4v) is 3.28. The number of hydrogen-bond donors (Lipinski definition) is 0. The highest BCUT2D eigenvalue weighted by Gasteiger charge is 2.52. The SMILES string of the molecule is CC1(C)OB(c2cc(C3CC3)nc(C3CCOC3)c2)OC1(C)C. The highest BCUT2D eigenvalue weighted by molar-refractivity contribution is 6.62. The van der Waals surface area contributed by atoms with Gasteiger partial charge in [0.05, 0.1) is 17.8 Å². The molecule has 2 aliphatic heterocycles. The minimum Gasteiger partial charge on any atom is -0.399 e. The summed E-state index contributed by atoms with van der Waals surface area (Å²) in [5.74, 6) is 1.04. The first kappa shape index (κ1) is 15.6. The van der Waals surface area contributed by atoms with Gasteiger partial charge in [-0.3, -0.25) is 4.98 Å². The van der Waals surface area contributed by atoms with Crippen molar-refractivity contribution in [2.24, 2.45) is 0 Å². The van der Waals surface area contributed by atoms with Crippen LogP contribution in [0.2, 0.25) is 0 Å². The van der Waals surface area contributed by atoms with Crippen LogP contribution < -0.4 is 5.46 Å². The number of rotatable bonds is 3. The summed E-state index contributed by atoms with van der Waals surface area (Å²) in [6.07, 6.45) is 3.56. The van der Waals surface area contributed by atoms with Crippen LogP contribution in [0.25, 0.3) is 0 Å². The zero-order chi connectivity index (χ0) is 16.2. The maximum Gasteiger partial charge on any atom is 0.494 e. The number of pyridine rings is 1. The van der Waals surface area contributed by atoms with Crippen molar-refractivity contribution in [1.82, 2.24) is 4.98 Å². The smallest absolute Gasteiger partial charge is 0.399 e. The van der Waals surface area contributed by atoms with Crippen molar-refractivity contribution < 1.29 is 14.0 Å². The molecule has 1 saturated carbocycles. The van der Waals surface area contributed by atoms with Crippen LogP contribution in [0.5, 0.6) is 0 Å². The zero-order valence-corrected chi connectivity index (χ0v) is 14.6. The molecule has 2 saturated heterocycles. The summed E-state index contributed by atoms with van der Waals surface area (Å²) in [7, 11) is -0.304. The Labute approximate surface area is 139 Å². The van der Waals surface area contributed by atoms with Crippen LogP contribution in [0.3, 0.4) is 0 Å². The van der Waals surface area contributed by atoms with Gasteiger partial charge in [-0.05, 0) is 64.6 Å². The third kappa shape index (κ3) is 2.83. The van der Waals surface area contributed by atoms with Crippen LogP contribution in [0.15, 0.2) is 12.1 Å². The Morgan fingerprint density at radius 1 is 0.957 bits per heavy atom. The fourth-order valence-electron chi connectivity index (χ4n) is 3.28. The van der Waals surface area contributed by atoms with Gasteiger partial charge in [-0.15, -0.1) is 0 Å². The summed E-state index contributed by atoms with van der Waals surface area (Å²) < 4.78 is 18.0. The summed E-state index contributed by atoms with van der Waals surface area (Å²) in [5.41, 5.74) is 2.85. The quantitative estimate of drug-likeness (QED) is 0.804. The molecule has 4 rings (SSSR count). The van der Waals surface area contributed by atoms with Gasteiger partial charge in [0.2, 0.25) is 0 Å². The Balaban J connectivity index is 1.68. The molecule has 124 valence electrons. The van der Waals surface area contributed by atoms with Crippen molar-refractivity contribution in [2.75, 3.05) is 13.2 Å². The number of aromatic nitrogens is 1. The molecule has 1 aromatic rings. The van der Waals surface area contributed by atoms with E-state index in [0.29, 0.717) is 11.8 Å². The van der Waals surface area contributed by atoms with E-state index in [-0.39, 0.29) is 18.3 Å². The van der Waals surface area contributed by atoms with Crippen LogP contribution in [-0.2, 0) is 14.0 Å². The highest BCUT2D eigenvalue weighted by Crippen LogP contribution is 2.40. The molecule has 1 aromatic heterocycles. The van der Waals surface area contributed by atoms with Gasteiger partial charge in [-0.1, -0.05) is 0 Å². The van der Waals surface area contributed by atoms with Gasteiger partial charge in [0.1, 0.15) is 0 Å². The molecule has 5 heteroatoms. The first-order valence-electron chi connectivity index (χ1n) is 8.81. The number of hydrogen-bond acceptors (Lipinski definition) is 4. The largest absolute Gasteiger partial charge is 0.494 e. The van der Waals surface area contributed by atoms with Crippen LogP contribution >= 0.6 is 0 Å². The summed E-state index contributed by atoms with van der Waals surface area (Å²) in [5, 5.41) is 0. The van der Waals surface area contributed by atoms with E-state index in [0.717, 1.165) is 30.8 Å². The Hall–Kier alpha value is -0.905.